The Labute approximate surface area is 64.9 Å². The molecule has 0 atom stereocenters. The zero-order valence-electron chi connectivity index (χ0n) is 2.69. The zero-order chi connectivity index (χ0) is 5.41. The molecule has 7 heavy (non-hydrogen) atoms. The summed E-state index contributed by atoms with van der Waals surface area (Å²) in [6, 6.07) is 0. The molecule has 0 unspecified atom stereocenters. The standard InChI is InChI=1S/2BrO2.Cu/c2*2-1-3;/q2*-1;+2. The van der Waals surface area contributed by atoms with Crippen molar-refractivity contribution < 1.29 is 64.9 Å². The van der Waals surface area contributed by atoms with Crippen LogP contribution in [0.25, 0.3) is 0 Å². The summed E-state index contributed by atoms with van der Waals surface area (Å²) < 4.78 is 33.6. The molecule has 0 aromatic rings. The maximum atomic E-state index is 8.41. The normalized spacial score (nSPS) is 5.14. The SMILES string of the molecule is [Cu+2].[O-][Br+][O-].[O-][Br+][O-]. The van der Waals surface area contributed by atoms with Gasteiger partial charge in [0.2, 0.25) is 0 Å². The van der Waals surface area contributed by atoms with Crippen LogP contribution in [0.2, 0.25) is 0 Å². The molecule has 0 aliphatic carbocycles. The van der Waals surface area contributed by atoms with Crippen molar-refractivity contribution >= 4 is 0 Å². The molecule has 0 bridgehead atoms. The first kappa shape index (κ1) is 15.8. The fraction of sp³-hybridized carbons (Fsp3) is 0. The van der Waals surface area contributed by atoms with Crippen LogP contribution in [-0.4, -0.2) is 0 Å². The molecule has 0 fully saturated rings. The van der Waals surface area contributed by atoms with Gasteiger partial charge in [-0.3, -0.25) is 0 Å². The fourth-order valence-electron chi connectivity index (χ4n) is 0. The van der Waals surface area contributed by atoms with E-state index in [-0.39, 0.29) is 17.1 Å². The molecule has 0 amide bonds. The molecule has 0 heterocycles. The minimum atomic E-state index is -1.44. The van der Waals surface area contributed by atoms with Gasteiger partial charge in [0, 0.05) is 0 Å². The first-order chi connectivity index (χ1) is 2.83. The minimum Gasteiger partial charge on any atom is -0.585 e. The van der Waals surface area contributed by atoms with Crippen molar-refractivity contribution in [1.82, 2.24) is 0 Å². The molecule has 49 valence electrons. The molecule has 4 nitrogen and oxygen atoms in total. The smallest absolute Gasteiger partial charge is 0.585 e. The second-order valence-electron chi connectivity index (χ2n) is 0.126. The Morgan fingerprint density at radius 2 is 0.714 bits per heavy atom. The Kier molecular flexibility index (Phi) is 59.7. The average Bonchev–Trinajstić information content (AvgIpc) is 1.39. The second kappa shape index (κ2) is 26.5. The molecule has 0 rings (SSSR count). The first-order valence-corrected chi connectivity index (χ1v) is 3.21. The van der Waals surface area contributed by atoms with E-state index in [0.29, 0.717) is 0 Å². The number of halogens is 2. The van der Waals surface area contributed by atoms with E-state index in [1.54, 1.807) is 0 Å². The molecule has 7 heteroatoms. The van der Waals surface area contributed by atoms with Crippen LogP contribution in [0.1, 0.15) is 0 Å². The molecule has 0 N–H and O–H groups in total. The Hall–Kier alpha value is 1.32. The molecule has 0 saturated heterocycles. The van der Waals surface area contributed by atoms with Crippen molar-refractivity contribution in [2.75, 3.05) is 0 Å². The van der Waals surface area contributed by atoms with Crippen LogP contribution in [0.3, 0.4) is 0 Å². The van der Waals surface area contributed by atoms with Gasteiger partial charge < -0.3 is 16.8 Å². The van der Waals surface area contributed by atoms with Gasteiger partial charge in [-0.1, -0.05) is 0 Å². The number of hydrogen-bond donors (Lipinski definition) is 0. The predicted octanol–water partition coefficient (Wildman–Crippen LogP) is -4.76. The van der Waals surface area contributed by atoms with E-state index < -0.39 is 31.1 Å². The van der Waals surface area contributed by atoms with E-state index in [2.05, 4.69) is 0 Å². The summed E-state index contributed by atoms with van der Waals surface area (Å²) in [7, 11) is 0. The number of hydrogen-bond acceptors (Lipinski definition) is 4. The van der Waals surface area contributed by atoms with E-state index in [1.807, 2.05) is 0 Å². The predicted molar refractivity (Wildman–Crippen MR) is 0 cm³/mol. The van der Waals surface area contributed by atoms with Crippen molar-refractivity contribution in [2.24, 2.45) is 0 Å². The molecular formula is Br2CuO4. The van der Waals surface area contributed by atoms with Crippen LogP contribution in [0.4, 0.5) is 0 Å². The van der Waals surface area contributed by atoms with Gasteiger partial charge in [0.25, 0.3) is 0 Å². The van der Waals surface area contributed by atoms with Crippen LogP contribution in [-0.2, 0) is 17.1 Å². The van der Waals surface area contributed by atoms with E-state index in [4.69, 9.17) is 16.8 Å². The van der Waals surface area contributed by atoms with Gasteiger partial charge >= 0.3 is 17.1 Å². The topological polar surface area (TPSA) is 92.2 Å². The van der Waals surface area contributed by atoms with E-state index in [0.717, 1.165) is 0 Å². The molecule has 0 aliphatic rings. The zero-order valence-corrected chi connectivity index (χ0v) is 6.80. The average molecular weight is 287 g/mol. The summed E-state index contributed by atoms with van der Waals surface area (Å²) in [6.07, 6.45) is 0. The van der Waals surface area contributed by atoms with Crippen molar-refractivity contribution in [3.8, 4) is 0 Å². The maximum absolute atomic E-state index is 8.41. The minimum absolute atomic E-state index is 0. The van der Waals surface area contributed by atoms with Gasteiger partial charge in [0.15, 0.2) is 31.1 Å². The van der Waals surface area contributed by atoms with Crippen molar-refractivity contribution in [3.63, 3.8) is 0 Å². The van der Waals surface area contributed by atoms with E-state index >= 15 is 0 Å². The van der Waals surface area contributed by atoms with E-state index in [9.17, 15) is 0 Å². The molecule has 0 spiro atoms. The molecule has 0 aliphatic heterocycles. The Bertz CT molecular complexity index is 11.7. The molecule has 0 aromatic carbocycles. The molecule has 0 saturated carbocycles. The van der Waals surface area contributed by atoms with Crippen molar-refractivity contribution in [3.05, 3.63) is 0 Å². The largest absolute Gasteiger partial charge is 2.00 e. The third-order valence-corrected chi connectivity index (χ3v) is 0. The summed E-state index contributed by atoms with van der Waals surface area (Å²) in [6.45, 7) is 0. The quantitative estimate of drug-likeness (QED) is 0.418. The maximum Gasteiger partial charge on any atom is 2.00 e. The summed E-state index contributed by atoms with van der Waals surface area (Å²) >= 11 is -2.88. The third-order valence-electron chi connectivity index (χ3n) is 0. The van der Waals surface area contributed by atoms with Crippen molar-refractivity contribution in [2.45, 2.75) is 0 Å². The molecule has 0 aromatic heterocycles. The Morgan fingerprint density at radius 3 is 0.714 bits per heavy atom. The van der Waals surface area contributed by atoms with Crippen LogP contribution in [0, 0.1) is 31.1 Å². The van der Waals surface area contributed by atoms with Gasteiger partial charge in [-0.05, 0) is 0 Å². The summed E-state index contributed by atoms with van der Waals surface area (Å²) in [5.41, 5.74) is 0. The summed E-state index contributed by atoms with van der Waals surface area (Å²) in [4.78, 5) is 0. The van der Waals surface area contributed by atoms with Gasteiger partial charge in [0.1, 0.15) is 0 Å². The summed E-state index contributed by atoms with van der Waals surface area (Å²) in [5.74, 6) is 0. The third kappa shape index (κ3) is 119. The van der Waals surface area contributed by atoms with Gasteiger partial charge in [-0.2, -0.15) is 0 Å². The molecule has 1 radical (unpaired) electrons. The van der Waals surface area contributed by atoms with Crippen LogP contribution in [0.5, 0.6) is 0 Å². The molecular weight excluding hydrogens is 287 g/mol. The van der Waals surface area contributed by atoms with Gasteiger partial charge in [-0.25, -0.2) is 0 Å². The van der Waals surface area contributed by atoms with Crippen LogP contribution in [0.15, 0.2) is 0 Å². The van der Waals surface area contributed by atoms with Crippen LogP contribution >= 0.6 is 0 Å². The van der Waals surface area contributed by atoms with Gasteiger partial charge in [-0.15, -0.1) is 0 Å². The monoisotopic (exact) mass is 285 g/mol. The fourth-order valence-corrected chi connectivity index (χ4v) is 0. The Balaban J connectivity index is -0.0000000400. The number of rotatable bonds is 0. The van der Waals surface area contributed by atoms with Crippen LogP contribution < -0.4 is 16.8 Å². The first-order valence-electron chi connectivity index (χ1n) is 0.617. The second-order valence-corrected chi connectivity index (χ2v) is 0.655. The summed E-state index contributed by atoms with van der Waals surface area (Å²) in [5, 5.41) is 0. The van der Waals surface area contributed by atoms with Crippen molar-refractivity contribution in [1.29, 1.82) is 0 Å². The Morgan fingerprint density at radius 1 is 0.714 bits per heavy atom. The van der Waals surface area contributed by atoms with Gasteiger partial charge in [0.05, 0.1) is 0 Å². The van der Waals surface area contributed by atoms with E-state index in [1.165, 1.54) is 0 Å².